The molecule has 3 rings (SSSR count). The first-order valence-corrected chi connectivity index (χ1v) is 9.40. The van der Waals surface area contributed by atoms with Gasteiger partial charge >= 0.3 is 0 Å². The Kier molecular flexibility index (Phi) is 4.20. The fraction of sp³-hybridized carbons (Fsp3) is 0.278. The molecule has 0 bridgehead atoms. The predicted molar refractivity (Wildman–Crippen MR) is 95.2 cm³/mol. The molecule has 0 saturated carbocycles. The highest BCUT2D eigenvalue weighted by molar-refractivity contribution is 7.92. The molecule has 0 spiro atoms. The highest BCUT2D eigenvalue weighted by atomic mass is 32.2. The summed E-state index contributed by atoms with van der Waals surface area (Å²) in [4.78, 5) is 11.6. The number of nitrogens with two attached hydrogens (primary N) is 1. The van der Waals surface area contributed by atoms with Crippen molar-refractivity contribution in [1.82, 2.24) is 0 Å². The van der Waals surface area contributed by atoms with Crippen LogP contribution >= 0.6 is 0 Å². The van der Waals surface area contributed by atoms with E-state index < -0.39 is 15.9 Å². The summed E-state index contributed by atoms with van der Waals surface area (Å²) < 4.78 is 33.7. The molecule has 1 aliphatic heterocycles. The third-order valence-corrected chi connectivity index (χ3v) is 5.52. The van der Waals surface area contributed by atoms with Crippen LogP contribution in [0.1, 0.15) is 36.2 Å². The number of sulfonamides is 1. The van der Waals surface area contributed by atoms with E-state index in [4.69, 9.17) is 10.5 Å². The lowest BCUT2D eigenvalue weighted by atomic mass is 9.94. The average Bonchev–Trinajstić information content (AvgIpc) is 2.53. The first-order chi connectivity index (χ1) is 11.7. The Hall–Kier alpha value is -2.54. The van der Waals surface area contributed by atoms with Gasteiger partial charge in [0.2, 0.25) is 0 Å². The van der Waals surface area contributed by atoms with Gasteiger partial charge in [0.15, 0.2) is 0 Å². The molecule has 0 fully saturated rings. The van der Waals surface area contributed by atoms with Gasteiger partial charge in [0.05, 0.1) is 16.1 Å². The zero-order valence-electron chi connectivity index (χ0n) is 14.1. The number of carbonyl (C=O) groups is 1. The molecule has 1 heterocycles. The second-order valence-electron chi connectivity index (χ2n) is 6.65. The van der Waals surface area contributed by atoms with E-state index in [1.54, 1.807) is 24.3 Å². The summed E-state index contributed by atoms with van der Waals surface area (Å²) in [7, 11) is -3.84. The van der Waals surface area contributed by atoms with Crippen LogP contribution in [0.5, 0.6) is 5.75 Å². The third-order valence-electron chi connectivity index (χ3n) is 4.16. The van der Waals surface area contributed by atoms with Gasteiger partial charge in [0.1, 0.15) is 11.4 Å². The van der Waals surface area contributed by atoms with Crippen LogP contribution in [0.3, 0.4) is 0 Å². The summed E-state index contributed by atoms with van der Waals surface area (Å²) in [6.45, 7) is 4.01. The second kappa shape index (κ2) is 6.07. The Morgan fingerprint density at radius 2 is 1.92 bits per heavy atom. The van der Waals surface area contributed by atoms with Crippen LogP contribution < -0.4 is 15.2 Å². The fourth-order valence-corrected chi connectivity index (χ4v) is 3.92. The molecule has 6 nitrogen and oxygen atoms in total. The lowest BCUT2D eigenvalue weighted by Gasteiger charge is -2.32. The maximum Gasteiger partial charge on any atom is 0.261 e. The SMILES string of the molecule is CC1(C)CCc2cc(S(=O)(=O)Nc3ccccc3C(N)=O)ccc2O1. The quantitative estimate of drug-likeness (QED) is 0.876. The Labute approximate surface area is 147 Å². The summed E-state index contributed by atoms with van der Waals surface area (Å²) in [6.07, 6.45) is 1.55. The standard InChI is InChI=1S/C18H20N2O4S/c1-18(2)10-9-12-11-13(7-8-16(12)24-18)25(22,23)20-15-6-4-3-5-14(15)17(19)21/h3-8,11,20H,9-10H2,1-2H3,(H2,19,21). The largest absolute Gasteiger partial charge is 0.488 e. The number of benzene rings is 2. The Morgan fingerprint density at radius 3 is 2.64 bits per heavy atom. The van der Waals surface area contributed by atoms with Crippen molar-refractivity contribution >= 4 is 21.6 Å². The number of carbonyl (C=O) groups excluding carboxylic acids is 1. The van der Waals surface area contributed by atoms with Crippen molar-refractivity contribution in [2.45, 2.75) is 37.2 Å². The maximum absolute atomic E-state index is 12.7. The highest BCUT2D eigenvalue weighted by Gasteiger charge is 2.28. The molecule has 0 atom stereocenters. The van der Waals surface area contributed by atoms with Gasteiger partial charge in [-0.1, -0.05) is 12.1 Å². The average molecular weight is 360 g/mol. The molecule has 0 unspecified atom stereocenters. The lowest BCUT2D eigenvalue weighted by Crippen LogP contribution is -2.32. The smallest absolute Gasteiger partial charge is 0.261 e. The number of para-hydroxylation sites is 1. The molecule has 1 amide bonds. The normalized spacial score (nSPS) is 15.8. The van der Waals surface area contributed by atoms with Gasteiger partial charge in [-0.15, -0.1) is 0 Å². The van der Waals surface area contributed by atoms with E-state index in [-0.39, 0.29) is 21.7 Å². The Bertz CT molecular complexity index is 936. The van der Waals surface area contributed by atoms with Crippen LogP contribution in [-0.4, -0.2) is 19.9 Å². The lowest BCUT2D eigenvalue weighted by molar-refractivity contribution is 0.0845. The highest BCUT2D eigenvalue weighted by Crippen LogP contribution is 2.34. The van der Waals surface area contributed by atoms with E-state index in [0.717, 1.165) is 18.4 Å². The van der Waals surface area contributed by atoms with Gasteiger partial charge < -0.3 is 10.5 Å². The number of aryl methyl sites for hydroxylation is 1. The fourth-order valence-electron chi connectivity index (χ4n) is 2.79. The van der Waals surface area contributed by atoms with E-state index in [2.05, 4.69) is 4.72 Å². The van der Waals surface area contributed by atoms with Crippen molar-refractivity contribution in [3.63, 3.8) is 0 Å². The van der Waals surface area contributed by atoms with Crippen LogP contribution in [0, 0.1) is 0 Å². The Morgan fingerprint density at radius 1 is 1.20 bits per heavy atom. The van der Waals surface area contributed by atoms with Crippen LogP contribution in [0.2, 0.25) is 0 Å². The Balaban J connectivity index is 1.93. The minimum atomic E-state index is -3.84. The van der Waals surface area contributed by atoms with Crippen LogP contribution in [0.15, 0.2) is 47.4 Å². The van der Waals surface area contributed by atoms with Gasteiger partial charge in [-0.25, -0.2) is 8.42 Å². The zero-order chi connectivity index (χ0) is 18.2. The van der Waals surface area contributed by atoms with Crippen molar-refractivity contribution in [1.29, 1.82) is 0 Å². The number of rotatable bonds is 4. The van der Waals surface area contributed by atoms with Crippen molar-refractivity contribution < 1.29 is 17.9 Å². The topological polar surface area (TPSA) is 98.5 Å². The van der Waals surface area contributed by atoms with Gasteiger partial charge in [0, 0.05) is 0 Å². The molecule has 3 N–H and O–H groups in total. The number of hydrogen-bond donors (Lipinski definition) is 2. The summed E-state index contributed by atoms with van der Waals surface area (Å²) in [5, 5.41) is 0. The van der Waals surface area contributed by atoms with E-state index >= 15 is 0 Å². The van der Waals surface area contributed by atoms with Crippen LogP contribution in [0.4, 0.5) is 5.69 Å². The number of hydrogen-bond acceptors (Lipinski definition) is 4. The molecule has 25 heavy (non-hydrogen) atoms. The number of ether oxygens (including phenoxy) is 1. The van der Waals surface area contributed by atoms with Gasteiger partial charge in [-0.05, 0) is 62.6 Å². The van der Waals surface area contributed by atoms with Crippen molar-refractivity contribution in [3.05, 3.63) is 53.6 Å². The van der Waals surface area contributed by atoms with Crippen molar-refractivity contribution in [2.24, 2.45) is 5.73 Å². The van der Waals surface area contributed by atoms with E-state index in [0.29, 0.717) is 5.75 Å². The molecule has 132 valence electrons. The molecule has 1 aliphatic rings. The molecule has 0 saturated heterocycles. The number of anilines is 1. The van der Waals surface area contributed by atoms with E-state index in [1.807, 2.05) is 13.8 Å². The maximum atomic E-state index is 12.7. The second-order valence-corrected chi connectivity index (χ2v) is 8.33. The molecule has 7 heteroatoms. The van der Waals surface area contributed by atoms with Gasteiger partial charge in [-0.3, -0.25) is 9.52 Å². The summed E-state index contributed by atoms with van der Waals surface area (Å²) in [5.74, 6) is 0.00658. The summed E-state index contributed by atoms with van der Waals surface area (Å²) in [5.41, 5.74) is 6.17. The monoisotopic (exact) mass is 360 g/mol. The van der Waals surface area contributed by atoms with Crippen molar-refractivity contribution in [2.75, 3.05) is 4.72 Å². The van der Waals surface area contributed by atoms with Crippen LogP contribution in [0.25, 0.3) is 0 Å². The first kappa shape index (κ1) is 17.3. The number of fused-ring (bicyclic) bond motifs is 1. The van der Waals surface area contributed by atoms with Crippen molar-refractivity contribution in [3.8, 4) is 5.75 Å². The minimum Gasteiger partial charge on any atom is -0.488 e. The molecule has 0 aromatic heterocycles. The zero-order valence-corrected chi connectivity index (χ0v) is 14.9. The molecule has 2 aromatic carbocycles. The molecule has 2 aromatic rings. The summed E-state index contributed by atoms with van der Waals surface area (Å²) in [6, 6.07) is 11.0. The number of nitrogens with one attached hydrogen (secondary N) is 1. The first-order valence-electron chi connectivity index (χ1n) is 7.92. The van der Waals surface area contributed by atoms with Gasteiger partial charge in [-0.2, -0.15) is 0 Å². The molecule has 0 radical (unpaired) electrons. The van der Waals surface area contributed by atoms with E-state index in [9.17, 15) is 13.2 Å². The molecule has 0 aliphatic carbocycles. The van der Waals surface area contributed by atoms with Gasteiger partial charge in [0.25, 0.3) is 15.9 Å². The van der Waals surface area contributed by atoms with Crippen LogP contribution in [-0.2, 0) is 16.4 Å². The van der Waals surface area contributed by atoms with E-state index in [1.165, 1.54) is 18.2 Å². The molecular weight excluding hydrogens is 340 g/mol. The minimum absolute atomic E-state index is 0.119. The summed E-state index contributed by atoms with van der Waals surface area (Å²) >= 11 is 0. The third kappa shape index (κ3) is 3.61. The number of amides is 1. The predicted octanol–water partition coefficient (Wildman–Crippen LogP) is 2.69. The molecular formula is C18H20N2O4S. The number of primary amides is 1.